The van der Waals surface area contributed by atoms with Crippen LogP contribution in [0, 0.1) is 0 Å². The molecule has 0 N–H and O–H groups in total. The zero-order valence-corrected chi connectivity index (χ0v) is 9.52. The van der Waals surface area contributed by atoms with Crippen molar-refractivity contribution in [3.63, 3.8) is 0 Å². The second-order valence-corrected chi connectivity index (χ2v) is 4.24. The second-order valence-electron chi connectivity index (χ2n) is 4.24. The molecule has 1 amide bonds. The van der Waals surface area contributed by atoms with Gasteiger partial charge in [0.05, 0.1) is 0 Å². The van der Waals surface area contributed by atoms with E-state index >= 15 is 0 Å². The molecule has 0 aliphatic heterocycles. The van der Waals surface area contributed by atoms with Crippen molar-refractivity contribution in [3.05, 3.63) is 24.5 Å². The van der Waals surface area contributed by atoms with Gasteiger partial charge >= 0.3 is 6.09 Å². The Bertz CT molecular complexity index is 330. The predicted molar refractivity (Wildman–Crippen MR) is 58.9 cm³/mol. The minimum Gasteiger partial charge on any atom is -0.443 e. The third-order valence-corrected chi connectivity index (χ3v) is 1.72. The summed E-state index contributed by atoms with van der Waals surface area (Å²) in [7, 11) is 1.67. The van der Waals surface area contributed by atoms with Crippen molar-refractivity contribution in [3.8, 4) is 0 Å². The molecule has 0 unspecified atom stereocenters. The number of nitrogens with zero attached hydrogens (tertiary/aromatic N) is 2. The van der Waals surface area contributed by atoms with Crippen LogP contribution in [0.1, 0.15) is 20.8 Å². The number of hydrogen-bond donors (Lipinski definition) is 0. The lowest BCUT2D eigenvalue weighted by molar-refractivity contribution is 0.0589. The van der Waals surface area contributed by atoms with Gasteiger partial charge in [0.2, 0.25) is 0 Å². The first-order valence-electron chi connectivity index (χ1n) is 4.77. The summed E-state index contributed by atoms with van der Waals surface area (Å²) in [5, 5.41) is 0. The molecule has 0 fully saturated rings. The lowest BCUT2D eigenvalue weighted by Crippen LogP contribution is -2.34. The van der Waals surface area contributed by atoms with Crippen molar-refractivity contribution in [2.75, 3.05) is 11.9 Å². The summed E-state index contributed by atoms with van der Waals surface area (Å²) in [5.74, 6) is 0. The lowest BCUT2D eigenvalue weighted by atomic mass is 10.2. The highest BCUT2D eigenvalue weighted by atomic mass is 16.6. The third-order valence-electron chi connectivity index (χ3n) is 1.72. The maximum Gasteiger partial charge on any atom is 0.414 e. The second kappa shape index (κ2) is 4.29. The van der Waals surface area contributed by atoms with Crippen LogP contribution >= 0.6 is 0 Å². The number of amides is 1. The highest BCUT2D eigenvalue weighted by molar-refractivity contribution is 5.86. The van der Waals surface area contributed by atoms with Gasteiger partial charge in [-0.3, -0.25) is 9.88 Å². The summed E-state index contributed by atoms with van der Waals surface area (Å²) >= 11 is 0. The number of aromatic nitrogens is 1. The smallest absolute Gasteiger partial charge is 0.414 e. The van der Waals surface area contributed by atoms with Crippen molar-refractivity contribution < 1.29 is 9.53 Å². The zero-order valence-electron chi connectivity index (χ0n) is 9.52. The molecular formula is C11H16N2O2. The van der Waals surface area contributed by atoms with E-state index in [0.717, 1.165) is 5.69 Å². The standard InChI is InChI=1S/C11H16N2O2/c1-11(2,3)15-10(14)13(4)9-5-7-12-8-6-9/h5-8H,1-4H3. The van der Waals surface area contributed by atoms with Gasteiger partial charge in [-0.2, -0.15) is 0 Å². The molecule has 82 valence electrons. The first-order valence-corrected chi connectivity index (χ1v) is 4.77. The maximum absolute atomic E-state index is 11.6. The van der Waals surface area contributed by atoms with E-state index < -0.39 is 5.60 Å². The Kier molecular flexibility index (Phi) is 3.29. The first-order chi connectivity index (χ1) is 6.90. The molecule has 15 heavy (non-hydrogen) atoms. The molecule has 0 bridgehead atoms. The lowest BCUT2D eigenvalue weighted by Gasteiger charge is -2.24. The van der Waals surface area contributed by atoms with Gasteiger partial charge in [0, 0.05) is 25.1 Å². The maximum atomic E-state index is 11.6. The minimum atomic E-state index is -0.474. The summed E-state index contributed by atoms with van der Waals surface area (Å²) < 4.78 is 5.22. The molecule has 0 spiro atoms. The van der Waals surface area contributed by atoms with Gasteiger partial charge in [-0.15, -0.1) is 0 Å². The number of pyridine rings is 1. The van der Waals surface area contributed by atoms with Crippen LogP contribution in [0.3, 0.4) is 0 Å². The van der Waals surface area contributed by atoms with Gasteiger partial charge in [-0.25, -0.2) is 4.79 Å². The van der Waals surface area contributed by atoms with Gasteiger partial charge in [0.25, 0.3) is 0 Å². The van der Waals surface area contributed by atoms with Crippen LogP contribution in [0.5, 0.6) is 0 Å². The fourth-order valence-electron chi connectivity index (χ4n) is 1.00. The monoisotopic (exact) mass is 208 g/mol. The summed E-state index contributed by atoms with van der Waals surface area (Å²) in [6.45, 7) is 5.52. The molecule has 1 aromatic rings. The van der Waals surface area contributed by atoms with Crippen molar-refractivity contribution in [2.45, 2.75) is 26.4 Å². The molecule has 0 aliphatic carbocycles. The molecule has 0 radical (unpaired) electrons. The van der Waals surface area contributed by atoms with E-state index in [2.05, 4.69) is 4.98 Å². The average molecular weight is 208 g/mol. The van der Waals surface area contributed by atoms with E-state index in [9.17, 15) is 4.79 Å². The van der Waals surface area contributed by atoms with Crippen LogP contribution in [-0.4, -0.2) is 23.7 Å². The summed E-state index contributed by atoms with van der Waals surface area (Å²) in [6.07, 6.45) is 2.90. The van der Waals surface area contributed by atoms with Crippen LogP contribution in [0.4, 0.5) is 10.5 Å². The predicted octanol–water partition coefficient (Wildman–Crippen LogP) is 2.45. The van der Waals surface area contributed by atoms with E-state index in [-0.39, 0.29) is 6.09 Å². The number of carbonyl (C=O) groups is 1. The van der Waals surface area contributed by atoms with Gasteiger partial charge in [0.1, 0.15) is 5.60 Å². The Hall–Kier alpha value is -1.58. The first kappa shape index (κ1) is 11.5. The molecule has 0 saturated heterocycles. The van der Waals surface area contributed by atoms with E-state index in [0.29, 0.717) is 0 Å². The number of hydrogen-bond acceptors (Lipinski definition) is 3. The Balaban J connectivity index is 2.70. The van der Waals surface area contributed by atoms with Gasteiger partial charge in [-0.05, 0) is 32.9 Å². The van der Waals surface area contributed by atoms with Gasteiger partial charge in [-0.1, -0.05) is 0 Å². The Morgan fingerprint density at radius 2 is 1.87 bits per heavy atom. The average Bonchev–Trinajstić information content (AvgIpc) is 2.15. The largest absolute Gasteiger partial charge is 0.443 e. The molecular weight excluding hydrogens is 192 g/mol. The molecule has 0 aromatic carbocycles. The van der Waals surface area contributed by atoms with Crippen LogP contribution in [0.15, 0.2) is 24.5 Å². The Morgan fingerprint density at radius 1 is 1.33 bits per heavy atom. The minimum absolute atomic E-state index is 0.367. The van der Waals surface area contributed by atoms with Crippen LogP contribution < -0.4 is 4.90 Å². The molecule has 4 heteroatoms. The van der Waals surface area contributed by atoms with E-state index in [1.54, 1.807) is 31.6 Å². The fraction of sp³-hybridized carbons (Fsp3) is 0.455. The van der Waals surface area contributed by atoms with Crippen LogP contribution in [0.2, 0.25) is 0 Å². The summed E-state index contributed by atoms with van der Waals surface area (Å²) in [5.41, 5.74) is 0.289. The number of anilines is 1. The van der Waals surface area contributed by atoms with Crippen LogP contribution in [0.25, 0.3) is 0 Å². The number of ether oxygens (including phenoxy) is 1. The molecule has 1 rings (SSSR count). The zero-order chi connectivity index (χ0) is 11.5. The van der Waals surface area contributed by atoms with Gasteiger partial charge < -0.3 is 4.74 Å². The molecule has 4 nitrogen and oxygen atoms in total. The van der Waals surface area contributed by atoms with Gasteiger partial charge in [0.15, 0.2) is 0 Å². The number of rotatable bonds is 1. The Morgan fingerprint density at radius 3 is 2.33 bits per heavy atom. The number of carbonyl (C=O) groups excluding carboxylic acids is 1. The SMILES string of the molecule is CN(C(=O)OC(C)(C)C)c1ccncc1. The fourth-order valence-corrected chi connectivity index (χ4v) is 1.00. The highest BCUT2D eigenvalue weighted by Crippen LogP contribution is 2.15. The topological polar surface area (TPSA) is 42.4 Å². The van der Waals surface area contributed by atoms with Crippen LogP contribution in [-0.2, 0) is 4.74 Å². The summed E-state index contributed by atoms with van der Waals surface area (Å²) in [6, 6.07) is 3.51. The molecule has 0 aliphatic rings. The van der Waals surface area contributed by atoms with E-state index in [1.807, 2.05) is 20.8 Å². The molecule has 1 aromatic heterocycles. The van der Waals surface area contributed by atoms with E-state index in [1.165, 1.54) is 4.90 Å². The third kappa shape index (κ3) is 3.58. The Labute approximate surface area is 89.9 Å². The van der Waals surface area contributed by atoms with E-state index in [4.69, 9.17) is 4.74 Å². The quantitative estimate of drug-likeness (QED) is 0.712. The normalized spacial score (nSPS) is 10.9. The van der Waals surface area contributed by atoms with Crippen molar-refractivity contribution in [1.29, 1.82) is 0 Å². The van der Waals surface area contributed by atoms with Crippen molar-refractivity contribution in [2.24, 2.45) is 0 Å². The summed E-state index contributed by atoms with van der Waals surface area (Å²) in [4.78, 5) is 17.0. The molecule has 0 saturated carbocycles. The molecule has 1 heterocycles. The molecule has 0 atom stereocenters. The van der Waals surface area contributed by atoms with Crippen molar-refractivity contribution in [1.82, 2.24) is 4.98 Å². The van der Waals surface area contributed by atoms with Crippen molar-refractivity contribution >= 4 is 11.8 Å². The highest BCUT2D eigenvalue weighted by Gasteiger charge is 2.20.